The SMILES string of the molecule is CCc1cccc(S(N)(=O)=O)c1OCC(F)(F)F. The van der Waals surface area contributed by atoms with Crippen LogP contribution in [0.1, 0.15) is 12.5 Å². The van der Waals surface area contributed by atoms with Crippen LogP contribution in [0.3, 0.4) is 0 Å². The third-order valence-corrected chi connectivity index (χ3v) is 3.06. The molecule has 2 N–H and O–H groups in total. The molecule has 0 radical (unpaired) electrons. The van der Waals surface area contributed by atoms with Crippen LogP contribution >= 0.6 is 0 Å². The summed E-state index contributed by atoms with van der Waals surface area (Å²) in [6.07, 6.45) is -4.22. The Hall–Kier alpha value is -1.28. The van der Waals surface area contributed by atoms with Crippen molar-refractivity contribution in [3.63, 3.8) is 0 Å². The average molecular weight is 283 g/mol. The second kappa shape index (κ2) is 5.15. The fourth-order valence-corrected chi connectivity index (χ4v) is 2.10. The molecule has 0 aliphatic heterocycles. The lowest BCUT2D eigenvalue weighted by molar-refractivity contribution is -0.153. The fraction of sp³-hybridized carbons (Fsp3) is 0.400. The molecule has 1 aromatic carbocycles. The molecule has 0 aromatic heterocycles. The molecule has 0 saturated carbocycles. The molecule has 0 aliphatic rings. The molecule has 1 rings (SSSR count). The van der Waals surface area contributed by atoms with E-state index in [2.05, 4.69) is 4.74 Å². The Morgan fingerprint density at radius 3 is 2.39 bits per heavy atom. The highest BCUT2D eigenvalue weighted by molar-refractivity contribution is 7.89. The number of hydrogen-bond acceptors (Lipinski definition) is 3. The zero-order valence-corrected chi connectivity index (χ0v) is 10.3. The van der Waals surface area contributed by atoms with Gasteiger partial charge in [-0.3, -0.25) is 0 Å². The molecule has 102 valence electrons. The maximum Gasteiger partial charge on any atom is 0.422 e. The number of sulfonamides is 1. The van der Waals surface area contributed by atoms with Crippen LogP contribution in [0.25, 0.3) is 0 Å². The van der Waals surface area contributed by atoms with E-state index in [1.54, 1.807) is 6.92 Å². The normalized spacial score (nSPS) is 12.5. The third kappa shape index (κ3) is 3.88. The van der Waals surface area contributed by atoms with E-state index < -0.39 is 27.7 Å². The molecule has 1 aromatic rings. The van der Waals surface area contributed by atoms with Crippen molar-refractivity contribution in [2.24, 2.45) is 5.14 Å². The lowest BCUT2D eigenvalue weighted by Crippen LogP contribution is -2.22. The molecule has 18 heavy (non-hydrogen) atoms. The summed E-state index contributed by atoms with van der Waals surface area (Å²) in [5, 5.41) is 4.93. The van der Waals surface area contributed by atoms with Crippen molar-refractivity contribution < 1.29 is 26.3 Å². The van der Waals surface area contributed by atoms with Crippen LogP contribution in [0.5, 0.6) is 5.75 Å². The Bertz CT molecular complexity index is 526. The van der Waals surface area contributed by atoms with E-state index >= 15 is 0 Å². The molecule has 0 amide bonds. The highest BCUT2D eigenvalue weighted by Crippen LogP contribution is 2.29. The van der Waals surface area contributed by atoms with Gasteiger partial charge in [-0.15, -0.1) is 0 Å². The molecule has 0 aliphatic carbocycles. The van der Waals surface area contributed by atoms with Crippen LogP contribution in [0.4, 0.5) is 13.2 Å². The van der Waals surface area contributed by atoms with Crippen LogP contribution in [0, 0.1) is 0 Å². The molecule has 0 atom stereocenters. The summed E-state index contributed by atoms with van der Waals surface area (Å²) in [5.41, 5.74) is 0.353. The van der Waals surface area contributed by atoms with Crippen LogP contribution in [0.15, 0.2) is 23.1 Å². The zero-order chi connectivity index (χ0) is 14.0. The first kappa shape index (κ1) is 14.8. The minimum atomic E-state index is -4.55. The Morgan fingerprint density at radius 1 is 1.33 bits per heavy atom. The molecule has 8 heteroatoms. The van der Waals surface area contributed by atoms with Crippen molar-refractivity contribution in [1.82, 2.24) is 0 Å². The number of para-hydroxylation sites is 1. The van der Waals surface area contributed by atoms with Crippen LogP contribution < -0.4 is 9.88 Å². The van der Waals surface area contributed by atoms with Gasteiger partial charge in [-0.2, -0.15) is 13.2 Å². The minimum Gasteiger partial charge on any atom is -0.482 e. The number of benzene rings is 1. The second-order valence-electron chi connectivity index (χ2n) is 3.55. The number of aryl methyl sites for hydroxylation is 1. The number of rotatable bonds is 4. The topological polar surface area (TPSA) is 69.4 Å². The van der Waals surface area contributed by atoms with Gasteiger partial charge < -0.3 is 4.74 Å². The molecule has 0 fully saturated rings. The zero-order valence-electron chi connectivity index (χ0n) is 9.49. The molecule has 0 heterocycles. The summed E-state index contributed by atoms with van der Waals surface area (Å²) in [4.78, 5) is -0.439. The number of halogens is 3. The van der Waals surface area contributed by atoms with Crippen molar-refractivity contribution in [3.05, 3.63) is 23.8 Å². The molecule has 0 spiro atoms. The summed E-state index contributed by atoms with van der Waals surface area (Å²) in [5.74, 6) is -0.333. The van der Waals surface area contributed by atoms with Crippen molar-refractivity contribution in [3.8, 4) is 5.75 Å². The van der Waals surface area contributed by atoms with Crippen LogP contribution in [-0.4, -0.2) is 21.2 Å². The fourth-order valence-electron chi connectivity index (χ4n) is 1.38. The first-order valence-corrected chi connectivity index (χ1v) is 6.54. The molecular formula is C10H12F3NO3S. The van der Waals surface area contributed by atoms with Crippen molar-refractivity contribution >= 4 is 10.0 Å². The lowest BCUT2D eigenvalue weighted by atomic mass is 10.1. The standard InChI is InChI=1S/C10H12F3NO3S/c1-2-7-4-3-5-8(18(14,15)16)9(7)17-6-10(11,12)13/h3-5H,2,6H2,1H3,(H2,14,15,16). The molecule has 0 bridgehead atoms. The predicted molar refractivity (Wildman–Crippen MR) is 58.7 cm³/mol. The number of primary sulfonamides is 1. The Kier molecular flexibility index (Phi) is 4.23. The second-order valence-corrected chi connectivity index (χ2v) is 5.08. The van der Waals surface area contributed by atoms with E-state index in [-0.39, 0.29) is 5.75 Å². The lowest BCUT2D eigenvalue weighted by Gasteiger charge is -2.15. The Labute approximate surface area is 103 Å². The average Bonchev–Trinajstić information content (AvgIpc) is 2.23. The first-order chi connectivity index (χ1) is 8.15. The molecule has 0 saturated heterocycles. The Morgan fingerprint density at radius 2 is 1.94 bits per heavy atom. The van der Waals surface area contributed by atoms with Gasteiger partial charge in [0.1, 0.15) is 10.6 Å². The monoisotopic (exact) mass is 283 g/mol. The van der Waals surface area contributed by atoms with Gasteiger partial charge in [0.05, 0.1) is 0 Å². The van der Waals surface area contributed by atoms with E-state index in [4.69, 9.17) is 5.14 Å². The van der Waals surface area contributed by atoms with Gasteiger partial charge >= 0.3 is 6.18 Å². The number of ether oxygens (including phenoxy) is 1. The third-order valence-electron chi connectivity index (χ3n) is 2.13. The van der Waals surface area contributed by atoms with Gasteiger partial charge in [0, 0.05) is 0 Å². The van der Waals surface area contributed by atoms with Crippen molar-refractivity contribution in [2.45, 2.75) is 24.4 Å². The highest BCUT2D eigenvalue weighted by Gasteiger charge is 2.30. The number of hydrogen-bond donors (Lipinski definition) is 1. The number of alkyl halides is 3. The van der Waals surface area contributed by atoms with Crippen LogP contribution in [-0.2, 0) is 16.4 Å². The summed E-state index contributed by atoms with van der Waals surface area (Å²) >= 11 is 0. The van der Waals surface area contributed by atoms with E-state index in [0.29, 0.717) is 12.0 Å². The maximum atomic E-state index is 12.1. The highest BCUT2D eigenvalue weighted by atomic mass is 32.2. The van der Waals surface area contributed by atoms with Gasteiger partial charge in [-0.25, -0.2) is 13.6 Å². The van der Waals surface area contributed by atoms with Crippen molar-refractivity contribution in [1.29, 1.82) is 0 Å². The van der Waals surface area contributed by atoms with E-state index in [1.165, 1.54) is 12.1 Å². The molecule has 0 unspecified atom stereocenters. The van der Waals surface area contributed by atoms with E-state index in [9.17, 15) is 21.6 Å². The largest absolute Gasteiger partial charge is 0.482 e. The van der Waals surface area contributed by atoms with Gasteiger partial charge in [0.25, 0.3) is 0 Å². The quantitative estimate of drug-likeness (QED) is 0.916. The molecule has 4 nitrogen and oxygen atoms in total. The van der Waals surface area contributed by atoms with Gasteiger partial charge in [-0.1, -0.05) is 19.1 Å². The van der Waals surface area contributed by atoms with Gasteiger partial charge in [0.2, 0.25) is 10.0 Å². The van der Waals surface area contributed by atoms with E-state index in [0.717, 1.165) is 6.07 Å². The minimum absolute atomic E-state index is 0.330. The summed E-state index contributed by atoms with van der Waals surface area (Å²) < 4.78 is 63.4. The van der Waals surface area contributed by atoms with Gasteiger partial charge in [0.15, 0.2) is 6.61 Å². The van der Waals surface area contributed by atoms with Gasteiger partial charge in [-0.05, 0) is 18.1 Å². The maximum absolute atomic E-state index is 12.1. The molecular weight excluding hydrogens is 271 g/mol. The summed E-state index contributed by atoms with van der Waals surface area (Å²) in [6, 6.07) is 4.00. The van der Waals surface area contributed by atoms with E-state index in [1.807, 2.05) is 0 Å². The summed E-state index contributed by atoms with van der Waals surface area (Å²) in [6.45, 7) is 0.106. The first-order valence-electron chi connectivity index (χ1n) is 4.99. The Balaban J connectivity index is 3.21. The predicted octanol–water partition coefficient (Wildman–Crippen LogP) is 1.84. The van der Waals surface area contributed by atoms with Crippen LogP contribution in [0.2, 0.25) is 0 Å². The number of nitrogens with two attached hydrogens (primary N) is 1. The van der Waals surface area contributed by atoms with Crippen molar-refractivity contribution in [2.75, 3.05) is 6.61 Å². The smallest absolute Gasteiger partial charge is 0.422 e. The summed E-state index contributed by atoms with van der Waals surface area (Å²) in [7, 11) is -4.13.